The Hall–Kier alpha value is -2.05. The number of hydrogen-bond donors (Lipinski definition) is 0. The average molecular weight is 344 g/mol. The molecule has 134 valence electrons. The van der Waals surface area contributed by atoms with Gasteiger partial charge in [0.05, 0.1) is 6.61 Å². The molecule has 3 aliphatic rings. The zero-order valence-electron chi connectivity index (χ0n) is 14.4. The summed E-state index contributed by atoms with van der Waals surface area (Å²) in [5.41, 5.74) is 0.942. The summed E-state index contributed by atoms with van der Waals surface area (Å²) in [6, 6.07) is 6.23. The highest BCUT2D eigenvalue weighted by Crippen LogP contribution is 2.32. The highest BCUT2D eigenvalue weighted by atomic mass is 16.7. The maximum absolute atomic E-state index is 12.5. The minimum absolute atomic E-state index is 0.0715. The minimum Gasteiger partial charge on any atom is -0.454 e. The largest absolute Gasteiger partial charge is 0.454 e. The van der Waals surface area contributed by atoms with E-state index in [4.69, 9.17) is 14.2 Å². The number of benzene rings is 1. The van der Waals surface area contributed by atoms with Gasteiger partial charge >= 0.3 is 0 Å². The molecule has 1 aromatic rings. The molecule has 0 N–H and O–H groups in total. The Morgan fingerprint density at radius 2 is 2.04 bits per heavy atom. The fourth-order valence-electron chi connectivity index (χ4n) is 3.62. The van der Waals surface area contributed by atoms with Crippen molar-refractivity contribution in [2.75, 3.05) is 46.2 Å². The summed E-state index contributed by atoms with van der Waals surface area (Å²) in [6.07, 6.45) is 5.63. The molecule has 1 amide bonds. The molecular weight excluding hydrogens is 320 g/mol. The van der Waals surface area contributed by atoms with E-state index in [0.717, 1.165) is 69.3 Å². The Morgan fingerprint density at radius 3 is 2.92 bits per heavy atom. The number of fused-ring (bicyclic) bond motifs is 1. The molecular formula is C19H24N2O4. The zero-order chi connectivity index (χ0) is 17.1. The quantitative estimate of drug-likeness (QED) is 0.782. The molecule has 3 aliphatic heterocycles. The van der Waals surface area contributed by atoms with E-state index in [1.165, 1.54) is 0 Å². The molecule has 0 aliphatic carbocycles. The van der Waals surface area contributed by atoms with Crippen molar-refractivity contribution in [2.24, 2.45) is 0 Å². The Bertz CT molecular complexity index is 655. The summed E-state index contributed by atoms with van der Waals surface area (Å²) < 4.78 is 16.2. The molecule has 1 atom stereocenters. The lowest BCUT2D eigenvalue weighted by Gasteiger charge is -2.26. The standard InChI is InChI=1S/C19H24N2O4/c22-19(5-3-15-2-4-17-18(12-15)25-14-24-17)21-8-1-7-20(9-10-21)16-6-11-23-13-16/h2-5,12,16H,1,6-11,13-14H2/b5-3+. The van der Waals surface area contributed by atoms with Crippen molar-refractivity contribution in [1.29, 1.82) is 0 Å². The van der Waals surface area contributed by atoms with Crippen LogP contribution < -0.4 is 9.47 Å². The molecule has 0 saturated carbocycles. The number of ether oxygens (including phenoxy) is 3. The molecule has 6 nitrogen and oxygen atoms in total. The highest BCUT2D eigenvalue weighted by molar-refractivity contribution is 5.91. The minimum atomic E-state index is 0.0715. The summed E-state index contributed by atoms with van der Waals surface area (Å²) in [4.78, 5) is 16.9. The summed E-state index contributed by atoms with van der Waals surface area (Å²) >= 11 is 0. The van der Waals surface area contributed by atoms with E-state index in [1.807, 2.05) is 29.2 Å². The fourth-order valence-corrected chi connectivity index (χ4v) is 3.62. The van der Waals surface area contributed by atoms with Crippen LogP contribution in [-0.4, -0.2) is 67.9 Å². The first kappa shape index (κ1) is 16.4. The van der Waals surface area contributed by atoms with Gasteiger partial charge in [-0.3, -0.25) is 9.69 Å². The van der Waals surface area contributed by atoms with Crippen molar-refractivity contribution in [2.45, 2.75) is 18.9 Å². The molecule has 6 heteroatoms. The number of hydrogen-bond acceptors (Lipinski definition) is 5. The molecule has 4 rings (SSSR count). The normalized spacial score (nSPS) is 24.0. The van der Waals surface area contributed by atoms with Gasteiger partial charge in [-0.15, -0.1) is 0 Å². The number of carbonyl (C=O) groups is 1. The first-order chi connectivity index (χ1) is 12.3. The van der Waals surface area contributed by atoms with Gasteiger partial charge in [-0.05, 0) is 36.6 Å². The van der Waals surface area contributed by atoms with Gasteiger partial charge in [0, 0.05) is 44.9 Å². The molecule has 0 bridgehead atoms. The van der Waals surface area contributed by atoms with Gasteiger partial charge in [-0.1, -0.05) is 6.07 Å². The van der Waals surface area contributed by atoms with Crippen molar-refractivity contribution in [3.8, 4) is 11.5 Å². The Kier molecular flexibility index (Phi) is 4.90. The van der Waals surface area contributed by atoms with Gasteiger partial charge in [0.1, 0.15) is 0 Å². The Balaban J connectivity index is 1.34. The summed E-state index contributed by atoms with van der Waals surface area (Å²) in [7, 11) is 0. The monoisotopic (exact) mass is 344 g/mol. The van der Waals surface area contributed by atoms with Crippen LogP contribution in [0.25, 0.3) is 6.08 Å². The van der Waals surface area contributed by atoms with Crippen molar-refractivity contribution in [3.05, 3.63) is 29.8 Å². The van der Waals surface area contributed by atoms with Crippen molar-refractivity contribution in [3.63, 3.8) is 0 Å². The van der Waals surface area contributed by atoms with Crippen LogP contribution in [0.2, 0.25) is 0 Å². The zero-order valence-corrected chi connectivity index (χ0v) is 14.4. The van der Waals surface area contributed by atoms with Gasteiger partial charge in [-0.2, -0.15) is 0 Å². The molecule has 0 aromatic heterocycles. The van der Waals surface area contributed by atoms with E-state index in [1.54, 1.807) is 6.08 Å². The van der Waals surface area contributed by atoms with Gasteiger partial charge in [-0.25, -0.2) is 0 Å². The number of nitrogens with zero attached hydrogens (tertiary/aromatic N) is 2. The first-order valence-corrected chi connectivity index (χ1v) is 8.98. The third kappa shape index (κ3) is 3.80. The molecule has 1 aromatic carbocycles. The molecule has 3 heterocycles. The second kappa shape index (κ2) is 7.45. The molecule has 1 unspecified atom stereocenters. The van der Waals surface area contributed by atoms with Gasteiger partial charge in [0.25, 0.3) is 0 Å². The van der Waals surface area contributed by atoms with Crippen molar-refractivity contribution >= 4 is 12.0 Å². The SMILES string of the molecule is O=C(/C=C/c1ccc2c(c1)OCO2)N1CCCN(C2CCOC2)CC1. The van der Waals surface area contributed by atoms with Crippen molar-refractivity contribution in [1.82, 2.24) is 9.80 Å². The van der Waals surface area contributed by atoms with Crippen LogP contribution in [0.3, 0.4) is 0 Å². The Labute approximate surface area is 147 Å². The predicted octanol–water partition coefficient (Wildman–Crippen LogP) is 1.75. The maximum Gasteiger partial charge on any atom is 0.246 e. The number of amides is 1. The van der Waals surface area contributed by atoms with Crippen LogP contribution in [0.15, 0.2) is 24.3 Å². The lowest BCUT2D eigenvalue weighted by Crippen LogP contribution is -2.39. The number of carbonyl (C=O) groups excluding carboxylic acids is 1. The van der Waals surface area contributed by atoms with E-state index in [-0.39, 0.29) is 12.7 Å². The van der Waals surface area contributed by atoms with Gasteiger partial charge < -0.3 is 19.1 Å². The van der Waals surface area contributed by atoms with E-state index < -0.39 is 0 Å². The molecule has 0 spiro atoms. The summed E-state index contributed by atoms with van der Waals surface area (Å²) in [5, 5.41) is 0. The maximum atomic E-state index is 12.5. The van der Waals surface area contributed by atoms with E-state index in [9.17, 15) is 4.79 Å². The summed E-state index contributed by atoms with van der Waals surface area (Å²) in [5.74, 6) is 1.56. The van der Waals surface area contributed by atoms with Crippen LogP contribution in [0.5, 0.6) is 11.5 Å². The smallest absolute Gasteiger partial charge is 0.246 e. The Morgan fingerprint density at radius 1 is 1.12 bits per heavy atom. The first-order valence-electron chi connectivity index (χ1n) is 8.98. The highest BCUT2D eigenvalue weighted by Gasteiger charge is 2.26. The van der Waals surface area contributed by atoms with Gasteiger partial charge in [0.15, 0.2) is 11.5 Å². The molecule has 25 heavy (non-hydrogen) atoms. The average Bonchev–Trinajstić information content (AvgIpc) is 3.27. The second-order valence-corrected chi connectivity index (χ2v) is 6.68. The van der Waals surface area contributed by atoms with Crippen LogP contribution >= 0.6 is 0 Å². The van der Waals surface area contributed by atoms with E-state index in [0.29, 0.717) is 6.04 Å². The van der Waals surface area contributed by atoms with E-state index in [2.05, 4.69) is 4.90 Å². The fraction of sp³-hybridized carbons (Fsp3) is 0.526. The van der Waals surface area contributed by atoms with E-state index >= 15 is 0 Å². The molecule has 2 fully saturated rings. The molecule has 2 saturated heterocycles. The third-order valence-electron chi connectivity index (χ3n) is 5.08. The lowest BCUT2D eigenvalue weighted by molar-refractivity contribution is -0.125. The van der Waals surface area contributed by atoms with Crippen LogP contribution in [0.1, 0.15) is 18.4 Å². The van der Waals surface area contributed by atoms with Crippen LogP contribution in [-0.2, 0) is 9.53 Å². The second-order valence-electron chi connectivity index (χ2n) is 6.68. The van der Waals surface area contributed by atoms with Crippen LogP contribution in [0.4, 0.5) is 0 Å². The summed E-state index contributed by atoms with van der Waals surface area (Å²) in [6.45, 7) is 5.52. The van der Waals surface area contributed by atoms with Crippen LogP contribution in [0, 0.1) is 0 Å². The predicted molar refractivity (Wildman–Crippen MR) is 93.6 cm³/mol. The number of rotatable bonds is 3. The topological polar surface area (TPSA) is 51.2 Å². The van der Waals surface area contributed by atoms with Crippen molar-refractivity contribution < 1.29 is 19.0 Å². The lowest BCUT2D eigenvalue weighted by atomic mass is 10.2. The molecule has 0 radical (unpaired) electrons. The van der Waals surface area contributed by atoms with Gasteiger partial charge in [0.2, 0.25) is 12.7 Å². The third-order valence-corrected chi connectivity index (χ3v) is 5.08.